The molecule has 5 rings (SSSR count). The molecule has 23 heavy (non-hydrogen) atoms. The van der Waals surface area contributed by atoms with E-state index in [1.54, 1.807) is 19.2 Å². The van der Waals surface area contributed by atoms with E-state index in [0.717, 1.165) is 17.5 Å². The second-order valence-corrected chi connectivity index (χ2v) is 7.60. The quantitative estimate of drug-likeness (QED) is 0.901. The lowest BCUT2D eigenvalue weighted by atomic mass is 9.51. The van der Waals surface area contributed by atoms with Crippen LogP contribution in [0.4, 0.5) is 5.69 Å². The van der Waals surface area contributed by atoms with Crippen LogP contribution in [0.2, 0.25) is 0 Å². The molecule has 0 unspecified atom stereocenters. The number of hydrogen-bond acceptors (Lipinski definition) is 2. The third-order valence-electron chi connectivity index (χ3n) is 6.17. The van der Waals surface area contributed by atoms with Crippen molar-refractivity contribution in [1.82, 2.24) is 5.32 Å². The molecule has 4 heteroatoms. The predicted octanol–water partition coefficient (Wildman–Crippen LogP) is 3.06. The van der Waals surface area contributed by atoms with Gasteiger partial charge >= 0.3 is 0 Å². The Morgan fingerprint density at radius 3 is 2.00 bits per heavy atom. The third kappa shape index (κ3) is 2.64. The van der Waals surface area contributed by atoms with Crippen molar-refractivity contribution in [3.63, 3.8) is 0 Å². The van der Waals surface area contributed by atoms with Crippen LogP contribution in [-0.2, 0) is 4.79 Å². The van der Waals surface area contributed by atoms with Crippen molar-refractivity contribution in [2.45, 2.75) is 32.1 Å². The molecule has 4 nitrogen and oxygen atoms in total. The van der Waals surface area contributed by atoms with Crippen molar-refractivity contribution in [3.05, 3.63) is 29.8 Å². The average Bonchev–Trinajstić information content (AvgIpc) is 2.54. The molecular formula is C19H24N2O2. The fraction of sp³-hybridized carbons (Fsp3) is 0.579. The van der Waals surface area contributed by atoms with Crippen LogP contribution in [0.25, 0.3) is 0 Å². The Labute approximate surface area is 137 Å². The van der Waals surface area contributed by atoms with Crippen LogP contribution in [0.1, 0.15) is 42.5 Å². The Hall–Kier alpha value is -1.84. The minimum atomic E-state index is -0.107. The minimum absolute atomic E-state index is 0.107. The second-order valence-electron chi connectivity index (χ2n) is 7.60. The van der Waals surface area contributed by atoms with Gasteiger partial charge < -0.3 is 10.6 Å². The van der Waals surface area contributed by atoms with E-state index >= 15 is 0 Å². The van der Waals surface area contributed by atoms with Crippen molar-refractivity contribution in [1.29, 1.82) is 0 Å². The zero-order chi connectivity index (χ0) is 16.0. The molecule has 0 saturated heterocycles. The van der Waals surface area contributed by atoms with E-state index in [1.165, 1.54) is 32.1 Å². The lowest BCUT2D eigenvalue weighted by Gasteiger charge is -2.53. The van der Waals surface area contributed by atoms with Crippen LogP contribution < -0.4 is 10.6 Å². The molecule has 2 N–H and O–H groups in total. The van der Waals surface area contributed by atoms with Gasteiger partial charge in [0.1, 0.15) is 0 Å². The first kappa shape index (κ1) is 14.7. The standard InChI is InChI=1S/C19H24N2O2/c1-20-18(22)13-2-4-16(5-3-13)21-19(23)17-14-7-11-6-12(9-14)10-15(17)8-11/h2-5,11-12,14-15,17H,6-10H2,1H3,(H,20,22)(H,21,23). The van der Waals surface area contributed by atoms with E-state index in [2.05, 4.69) is 10.6 Å². The largest absolute Gasteiger partial charge is 0.355 e. The lowest BCUT2D eigenvalue weighted by Crippen LogP contribution is -2.49. The van der Waals surface area contributed by atoms with Crippen LogP contribution in [0.5, 0.6) is 0 Å². The molecule has 4 aliphatic rings. The van der Waals surface area contributed by atoms with E-state index in [0.29, 0.717) is 17.4 Å². The van der Waals surface area contributed by atoms with Crippen molar-refractivity contribution in [3.8, 4) is 0 Å². The van der Waals surface area contributed by atoms with Crippen molar-refractivity contribution in [2.24, 2.45) is 29.6 Å². The Morgan fingerprint density at radius 1 is 0.913 bits per heavy atom. The molecule has 1 aromatic rings. The van der Waals surface area contributed by atoms with Gasteiger partial charge in [-0.05, 0) is 80.0 Å². The number of carbonyl (C=O) groups is 2. The average molecular weight is 312 g/mol. The highest BCUT2D eigenvalue weighted by Crippen LogP contribution is 2.56. The molecule has 0 atom stereocenters. The molecule has 4 aliphatic carbocycles. The SMILES string of the molecule is CNC(=O)c1ccc(NC(=O)C2C3CC4CC(C3)CC2C4)cc1. The van der Waals surface area contributed by atoms with Crippen LogP contribution in [0.15, 0.2) is 24.3 Å². The highest BCUT2D eigenvalue weighted by molar-refractivity contribution is 5.96. The molecule has 2 amide bonds. The minimum Gasteiger partial charge on any atom is -0.355 e. The number of amides is 2. The van der Waals surface area contributed by atoms with Gasteiger partial charge in [-0.15, -0.1) is 0 Å². The first-order valence-electron chi connectivity index (χ1n) is 8.77. The van der Waals surface area contributed by atoms with E-state index in [4.69, 9.17) is 0 Å². The van der Waals surface area contributed by atoms with E-state index < -0.39 is 0 Å². The fourth-order valence-electron chi connectivity index (χ4n) is 5.43. The smallest absolute Gasteiger partial charge is 0.251 e. The fourth-order valence-corrected chi connectivity index (χ4v) is 5.43. The molecule has 0 radical (unpaired) electrons. The lowest BCUT2D eigenvalue weighted by molar-refractivity contribution is -0.132. The molecule has 4 fully saturated rings. The van der Waals surface area contributed by atoms with Crippen molar-refractivity contribution >= 4 is 17.5 Å². The number of carbonyl (C=O) groups excluding carboxylic acids is 2. The number of hydrogen-bond donors (Lipinski definition) is 2. The van der Waals surface area contributed by atoms with Crippen LogP contribution in [0.3, 0.4) is 0 Å². The van der Waals surface area contributed by atoms with Gasteiger partial charge in [0.2, 0.25) is 5.91 Å². The molecule has 1 aromatic carbocycles. The van der Waals surface area contributed by atoms with Crippen LogP contribution in [0, 0.1) is 29.6 Å². The van der Waals surface area contributed by atoms with Crippen molar-refractivity contribution < 1.29 is 9.59 Å². The highest BCUT2D eigenvalue weighted by Gasteiger charge is 2.50. The number of rotatable bonds is 3. The van der Waals surface area contributed by atoms with Gasteiger partial charge in [-0.1, -0.05) is 0 Å². The summed E-state index contributed by atoms with van der Waals surface area (Å²) in [6.45, 7) is 0. The number of benzene rings is 1. The molecule has 0 spiro atoms. The maximum Gasteiger partial charge on any atom is 0.251 e. The van der Waals surface area contributed by atoms with Gasteiger partial charge in [-0.3, -0.25) is 9.59 Å². The highest BCUT2D eigenvalue weighted by atomic mass is 16.2. The molecule has 4 saturated carbocycles. The Kier molecular flexibility index (Phi) is 3.63. The molecule has 122 valence electrons. The summed E-state index contributed by atoms with van der Waals surface area (Å²) < 4.78 is 0. The normalized spacial score (nSPS) is 34.2. The van der Waals surface area contributed by atoms with Crippen LogP contribution >= 0.6 is 0 Å². The monoisotopic (exact) mass is 312 g/mol. The maximum atomic E-state index is 12.8. The molecule has 0 heterocycles. The molecule has 4 bridgehead atoms. The Bertz CT molecular complexity index is 595. The van der Waals surface area contributed by atoms with Gasteiger partial charge in [0, 0.05) is 24.2 Å². The third-order valence-corrected chi connectivity index (χ3v) is 6.17. The Balaban J connectivity index is 1.45. The maximum absolute atomic E-state index is 12.8. The van der Waals surface area contributed by atoms with E-state index in [1.807, 2.05) is 12.1 Å². The first-order chi connectivity index (χ1) is 11.1. The molecular weight excluding hydrogens is 288 g/mol. The zero-order valence-electron chi connectivity index (χ0n) is 13.5. The zero-order valence-corrected chi connectivity index (χ0v) is 13.5. The summed E-state index contributed by atoms with van der Waals surface area (Å²) in [5, 5.41) is 5.69. The van der Waals surface area contributed by atoms with Gasteiger partial charge in [0.15, 0.2) is 0 Å². The van der Waals surface area contributed by atoms with Gasteiger partial charge in [0.25, 0.3) is 5.91 Å². The van der Waals surface area contributed by atoms with Gasteiger partial charge in [-0.25, -0.2) is 0 Å². The summed E-state index contributed by atoms with van der Waals surface area (Å²) in [6.07, 6.45) is 6.41. The summed E-state index contributed by atoms with van der Waals surface area (Å²) in [5.41, 5.74) is 1.40. The summed E-state index contributed by atoms with van der Waals surface area (Å²) in [4.78, 5) is 24.4. The predicted molar refractivity (Wildman–Crippen MR) is 89.0 cm³/mol. The number of anilines is 1. The van der Waals surface area contributed by atoms with E-state index in [-0.39, 0.29) is 17.7 Å². The topological polar surface area (TPSA) is 58.2 Å². The molecule has 0 aromatic heterocycles. The van der Waals surface area contributed by atoms with Crippen molar-refractivity contribution in [2.75, 3.05) is 12.4 Å². The number of nitrogens with one attached hydrogen (secondary N) is 2. The summed E-state index contributed by atoms with van der Waals surface area (Å²) in [5.74, 6) is 3.23. The van der Waals surface area contributed by atoms with Gasteiger partial charge in [-0.2, -0.15) is 0 Å². The summed E-state index contributed by atoms with van der Waals surface area (Å²) in [6, 6.07) is 7.15. The first-order valence-corrected chi connectivity index (χ1v) is 8.77. The Morgan fingerprint density at radius 2 is 1.48 bits per heavy atom. The van der Waals surface area contributed by atoms with Gasteiger partial charge in [0.05, 0.1) is 0 Å². The summed E-state index contributed by atoms with van der Waals surface area (Å²) in [7, 11) is 1.62. The van der Waals surface area contributed by atoms with E-state index in [9.17, 15) is 9.59 Å². The second kappa shape index (κ2) is 5.66. The summed E-state index contributed by atoms with van der Waals surface area (Å²) >= 11 is 0. The molecule has 0 aliphatic heterocycles. The van der Waals surface area contributed by atoms with Crippen LogP contribution in [-0.4, -0.2) is 18.9 Å².